The largest absolute Gasteiger partial charge is 0.465 e. The van der Waals surface area contributed by atoms with E-state index in [2.05, 4.69) is 25.5 Å². The molecule has 3 aromatic carbocycles. The molecule has 8 nitrogen and oxygen atoms in total. The third-order valence-electron chi connectivity index (χ3n) is 5.25. The van der Waals surface area contributed by atoms with Crippen LogP contribution in [0.2, 0.25) is 0 Å². The molecule has 0 saturated carbocycles. The molecule has 5 aromatic rings. The van der Waals surface area contributed by atoms with Crippen LogP contribution in [0.4, 0.5) is 19.5 Å². The van der Waals surface area contributed by atoms with Crippen LogP contribution < -0.4 is 10.9 Å². The number of hydrogen-bond donors (Lipinski definition) is 4. The monoisotopic (exact) mass is 447 g/mol. The van der Waals surface area contributed by atoms with Crippen molar-refractivity contribution in [3.63, 3.8) is 0 Å². The molecular formula is C23H15F2N5O3. The van der Waals surface area contributed by atoms with E-state index in [4.69, 9.17) is 5.11 Å². The Bertz CT molecular complexity index is 1610. The summed E-state index contributed by atoms with van der Waals surface area (Å²) in [5.74, 6) is -0.899. The number of amides is 1. The summed E-state index contributed by atoms with van der Waals surface area (Å²) >= 11 is 0. The van der Waals surface area contributed by atoms with Crippen LogP contribution in [-0.4, -0.2) is 31.4 Å². The van der Waals surface area contributed by atoms with Crippen LogP contribution >= 0.6 is 0 Å². The molecule has 164 valence electrons. The summed E-state index contributed by atoms with van der Waals surface area (Å²) in [4.78, 5) is 29.8. The number of aromatic amines is 2. The van der Waals surface area contributed by atoms with E-state index < -0.39 is 23.3 Å². The average Bonchev–Trinajstić information content (AvgIpc) is 3.17. The third-order valence-corrected chi connectivity index (χ3v) is 5.25. The minimum absolute atomic E-state index is 0.0660. The van der Waals surface area contributed by atoms with E-state index in [9.17, 15) is 18.4 Å². The van der Waals surface area contributed by atoms with Gasteiger partial charge in [0.2, 0.25) is 5.95 Å². The first kappa shape index (κ1) is 20.3. The molecule has 0 aliphatic heterocycles. The quantitative estimate of drug-likeness (QED) is 0.325. The van der Waals surface area contributed by atoms with Gasteiger partial charge in [-0.15, -0.1) is 0 Å². The maximum atomic E-state index is 14.7. The Balaban J connectivity index is 1.53. The predicted molar refractivity (Wildman–Crippen MR) is 118 cm³/mol. The van der Waals surface area contributed by atoms with E-state index in [0.717, 1.165) is 11.6 Å². The summed E-state index contributed by atoms with van der Waals surface area (Å²) < 4.78 is 28.3. The second-order valence-corrected chi connectivity index (χ2v) is 7.43. The highest BCUT2D eigenvalue weighted by atomic mass is 19.1. The minimum Gasteiger partial charge on any atom is -0.465 e. The molecule has 0 atom stereocenters. The first-order chi connectivity index (χ1) is 15.9. The lowest BCUT2D eigenvalue weighted by molar-refractivity contribution is 0.209. The molecule has 4 N–H and O–H groups in total. The molecule has 0 spiro atoms. The fourth-order valence-corrected chi connectivity index (χ4v) is 3.76. The highest BCUT2D eigenvalue weighted by molar-refractivity contribution is 5.87. The standard InChI is InChI=1S/C23H15F2N5O3/c24-13-3-4-14-16(10-13)21(31)30-29-19(14)8-11-1-5-17(25)15(7-11)12-2-6-18-20(9-12)27-22(26-18)28-23(32)33/h1-7,9-10H,8H2,(H,30,31)(H,32,33)(H2,26,27,28). The molecule has 0 aliphatic carbocycles. The van der Waals surface area contributed by atoms with Crippen molar-refractivity contribution in [3.8, 4) is 11.1 Å². The normalized spacial score (nSPS) is 11.2. The first-order valence-electron chi connectivity index (χ1n) is 9.83. The fraction of sp³-hybridized carbons (Fsp3) is 0.0435. The second kappa shape index (κ2) is 7.83. The second-order valence-electron chi connectivity index (χ2n) is 7.43. The van der Waals surface area contributed by atoms with Crippen LogP contribution in [0.5, 0.6) is 0 Å². The molecule has 10 heteroatoms. The molecule has 33 heavy (non-hydrogen) atoms. The van der Waals surface area contributed by atoms with Gasteiger partial charge in [-0.1, -0.05) is 12.1 Å². The summed E-state index contributed by atoms with van der Waals surface area (Å²) in [5, 5.41) is 18.2. The maximum Gasteiger partial charge on any atom is 0.411 e. The van der Waals surface area contributed by atoms with Gasteiger partial charge in [-0.3, -0.25) is 10.1 Å². The average molecular weight is 447 g/mol. The Morgan fingerprint density at radius 3 is 2.70 bits per heavy atom. The van der Waals surface area contributed by atoms with Gasteiger partial charge < -0.3 is 10.1 Å². The summed E-state index contributed by atoms with van der Waals surface area (Å²) in [7, 11) is 0. The summed E-state index contributed by atoms with van der Waals surface area (Å²) in [6.45, 7) is 0. The Hall–Kier alpha value is -4.60. The molecule has 0 unspecified atom stereocenters. The van der Waals surface area contributed by atoms with E-state index in [1.807, 2.05) is 0 Å². The Labute approximate surface area is 183 Å². The summed E-state index contributed by atoms with van der Waals surface area (Å²) in [6.07, 6.45) is -0.968. The van der Waals surface area contributed by atoms with Gasteiger partial charge in [-0.25, -0.2) is 23.7 Å². The van der Waals surface area contributed by atoms with Crippen LogP contribution in [0.25, 0.3) is 32.9 Å². The number of hydrogen-bond acceptors (Lipinski definition) is 4. The van der Waals surface area contributed by atoms with Gasteiger partial charge in [0.15, 0.2) is 0 Å². The van der Waals surface area contributed by atoms with Crippen molar-refractivity contribution in [2.45, 2.75) is 6.42 Å². The molecule has 2 heterocycles. The van der Waals surface area contributed by atoms with E-state index in [0.29, 0.717) is 33.2 Å². The van der Waals surface area contributed by atoms with Gasteiger partial charge in [-0.2, -0.15) is 5.10 Å². The van der Waals surface area contributed by atoms with E-state index in [1.165, 1.54) is 18.2 Å². The number of nitrogens with one attached hydrogen (secondary N) is 3. The van der Waals surface area contributed by atoms with Gasteiger partial charge in [0.25, 0.3) is 5.56 Å². The van der Waals surface area contributed by atoms with Crippen LogP contribution in [0.3, 0.4) is 0 Å². The van der Waals surface area contributed by atoms with Gasteiger partial charge in [0.1, 0.15) is 11.6 Å². The number of imidazole rings is 1. The number of halogens is 2. The zero-order valence-corrected chi connectivity index (χ0v) is 16.8. The first-order valence-corrected chi connectivity index (χ1v) is 9.83. The highest BCUT2D eigenvalue weighted by Crippen LogP contribution is 2.28. The lowest BCUT2D eigenvalue weighted by Crippen LogP contribution is -2.11. The molecule has 2 aromatic heterocycles. The molecule has 1 amide bonds. The van der Waals surface area contributed by atoms with E-state index in [-0.39, 0.29) is 17.8 Å². The number of carbonyl (C=O) groups is 1. The Morgan fingerprint density at radius 1 is 1.03 bits per heavy atom. The summed E-state index contributed by atoms with van der Waals surface area (Å²) in [6, 6.07) is 13.6. The number of H-pyrrole nitrogens is 2. The lowest BCUT2D eigenvalue weighted by atomic mass is 9.98. The topological polar surface area (TPSA) is 124 Å². The third kappa shape index (κ3) is 3.89. The van der Waals surface area contributed by atoms with Crippen molar-refractivity contribution in [3.05, 3.63) is 87.8 Å². The number of fused-ring (bicyclic) bond motifs is 2. The smallest absolute Gasteiger partial charge is 0.411 e. The Kier molecular flexibility index (Phi) is 4.82. The number of benzene rings is 3. The molecule has 0 radical (unpaired) electrons. The predicted octanol–water partition coefficient (Wildman–Crippen LogP) is 4.43. The van der Waals surface area contributed by atoms with Gasteiger partial charge in [0, 0.05) is 17.4 Å². The SMILES string of the molecule is O=C(O)Nc1nc2ccc(-c3cc(Cc4n[nH]c(=O)c5cc(F)ccc45)ccc3F)cc2[nH]1. The fourth-order valence-electron chi connectivity index (χ4n) is 3.76. The highest BCUT2D eigenvalue weighted by Gasteiger charge is 2.13. The van der Waals surface area contributed by atoms with Crippen LogP contribution in [0, 0.1) is 11.6 Å². The van der Waals surface area contributed by atoms with Crippen molar-refractivity contribution in [2.24, 2.45) is 0 Å². The molecule has 0 aliphatic rings. The molecule has 5 rings (SSSR count). The summed E-state index contributed by atoms with van der Waals surface area (Å²) in [5.41, 5.74) is 2.72. The van der Waals surface area contributed by atoms with Crippen molar-refractivity contribution < 1.29 is 18.7 Å². The van der Waals surface area contributed by atoms with Crippen molar-refractivity contribution >= 4 is 33.8 Å². The molecular weight excluding hydrogens is 432 g/mol. The van der Waals surface area contributed by atoms with Crippen molar-refractivity contribution in [1.29, 1.82) is 0 Å². The molecule has 0 saturated heterocycles. The van der Waals surface area contributed by atoms with Crippen molar-refractivity contribution in [2.75, 3.05) is 5.32 Å². The zero-order valence-electron chi connectivity index (χ0n) is 16.8. The minimum atomic E-state index is -1.25. The van der Waals surface area contributed by atoms with Crippen LogP contribution in [0.1, 0.15) is 11.3 Å². The molecule has 0 fully saturated rings. The molecule has 0 bridgehead atoms. The van der Waals surface area contributed by atoms with Crippen LogP contribution in [-0.2, 0) is 6.42 Å². The number of carboxylic acid groups (broad SMARTS) is 1. The van der Waals surface area contributed by atoms with Crippen molar-refractivity contribution in [1.82, 2.24) is 20.2 Å². The lowest BCUT2D eigenvalue weighted by Gasteiger charge is -2.09. The van der Waals surface area contributed by atoms with Gasteiger partial charge in [-0.05, 0) is 53.6 Å². The van der Waals surface area contributed by atoms with E-state index >= 15 is 0 Å². The number of rotatable bonds is 4. The van der Waals surface area contributed by atoms with Gasteiger partial charge >= 0.3 is 6.09 Å². The number of anilines is 1. The van der Waals surface area contributed by atoms with E-state index in [1.54, 1.807) is 30.3 Å². The number of aromatic nitrogens is 4. The Morgan fingerprint density at radius 2 is 1.88 bits per heavy atom. The van der Waals surface area contributed by atoms with Crippen LogP contribution in [0.15, 0.2) is 59.4 Å². The number of nitrogens with zero attached hydrogens (tertiary/aromatic N) is 2. The zero-order chi connectivity index (χ0) is 23.1. The maximum absolute atomic E-state index is 14.7. The van der Waals surface area contributed by atoms with Gasteiger partial charge in [0.05, 0.1) is 22.1 Å².